The van der Waals surface area contributed by atoms with E-state index in [1.165, 1.54) is 0 Å². The number of carboxylic acid groups (broad SMARTS) is 1. The van der Waals surface area contributed by atoms with Gasteiger partial charge in [0, 0.05) is 6.20 Å². The summed E-state index contributed by atoms with van der Waals surface area (Å²) in [5.74, 6) is -2.62. The van der Waals surface area contributed by atoms with Gasteiger partial charge in [-0.15, -0.1) is 13.2 Å². The van der Waals surface area contributed by atoms with Crippen LogP contribution in [0.1, 0.15) is 23.2 Å². The number of nitrogens with zero attached hydrogens (tertiary/aromatic N) is 1. The number of aliphatic carboxylic acids is 1. The summed E-state index contributed by atoms with van der Waals surface area (Å²) < 4.78 is 65.6. The van der Waals surface area contributed by atoms with Gasteiger partial charge in [0.05, 0.1) is 17.7 Å². The molecule has 1 aromatic heterocycles. The van der Waals surface area contributed by atoms with E-state index in [9.17, 15) is 26.7 Å². The van der Waals surface area contributed by atoms with Crippen LogP contribution in [-0.4, -0.2) is 22.4 Å². The minimum atomic E-state index is -5.17. The van der Waals surface area contributed by atoms with Crippen LogP contribution in [0, 0.1) is 6.92 Å². The summed E-state index contributed by atoms with van der Waals surface area (Å²) in [6.45, 7) is 1.05. The van der Waals surface area contributed by atoms with Crippen LogP contribution in [0.3, 0.4) is 0 Å². The van der Waals surface area contributed by atoms with Crippen molar-refractivity contribution < 1.29 is 36.6 Å². The molecule has 1 N–H and O–H groups in total. The number of carbonyl (C=O) groups is 1. The molecule has 1 heterocycles. The fourth-order valence-electron chi connectivity index (χ4n) is 1.43. The van der Waals surface area contributed by atoms with Crippen molar-refractivity contribution in [1.29, 1.82) is 0 Å². The molecule has 1 aromatic rings. The molecule has 0 saturated heterocycles. The Morgan fingerprint density at radius 1 is 1.47 bits per heavy atom. The normalized spacial score (nSPS) is 11.7. The molecular formula is C10H8F5NO3. The number of aryl methyl sites for hydroxylation is 1. The molecule has 0 atom stereocenters. The monoisotopic (exact) mass is 285 g/mol. The van der Waals surface area contributed by atoms with E-state index < -0.39 is 47.7 Å². The summed E-state index contributed by atoms with van der Waals surface area (Å²) in [4.78, 5) is 13.9. The lowest BCUT2D eigenvalue weighted by molar-refractivity contribution is -0.275. The predicted octanol–water partition coefficient (Wildman–Crippen LogP) is 2.85. The first-order chi connectivity index (χ1) is 8.61. The lowest BCUT2D eigenvalue weighted by Gasteiger charge is -2.17. The molecule has 0 spiro atoms. The van der Waals surface area contributed by atoms with Crippen LogP contribution in [-0.2, 0) is 11.2 Å². The number of hydrogen-bond donors (Lipinski definition) is 1. The Hall–Kier alpha value is -1.93. The van der Waals surface area contributed by atoms with Gasteiger partial charge >= 0.3 is 12.3 Å². The van der Waals surface area contributed by atoms with E-state index in [1.807, 2.05) is 0 Å². The smallest absolute Gasteiger partial charge is 0.481 e. The van der Waals surface area contributed by atoms with E-state index in [1.54, 1.807) is 0 Å². The van der Waals surface area contributed by atoms with Gasteiger partial charge in [-0.1, -0.05) is 0 Å². The Morgan fingerprint density at radius 3 is 2.47 bits per heavy atom. The number of ether oxygens (including phenoxy) is 1. The summed E-state index contributed by atoms with van der Waals surface area (Å²) >= 11 is 0. The van der Waals surface area contributed by atoms with E-state index in [0.717, 1.165) is 13.1 Å². The molecule has 0 radical (unpaired) electrons. The maximum Gasteiger partial charge on any atom is 0.573 e. The number of aromatic nitrogens is 1. The van der Waals surface area contributed by atoms with Crippen LogP contribution >= 0.6 is 0 Å². The second-order valence-electron chi connectivity index (χ2n) is 3.53. The van der Waals surface area contributed by atoms with Crippen molar-refractivity contribution in [2.24, 2.45) is 0 Å². The van der Waals surface area contributed by atoms with E-state index in [4.69, 9.17) is 5.11 Å². The minimum Gasteiger partial charge on any atom is -0.481 e. The predicted molar refractivity (Wildman–Crippen MR) is 52.0 cm³/mol. The Bertz CT molecular complexity index is 487. The number of halogens is 5. The molecule has 0 aromatic carbocycles. The molecule has 0 unspecified atom stereocenters. The standard InChI is InChI=1S/C10H8F5NO3/c1-4-8(19-10(13,14)15)7(9(11)12)5(3-16-4)2-6(17)18/h3,9H,2H2,1H3,(H,17,18). The van der Waals surface area contributed by atoms with Crippen LogP contribution in [0.2, 0.25) is 0 Å². The second-order valence-corrected chi connectivity index (χ2v) is 3.53. The third kappa shape index (κ3) is 4.04. The zero-order valence-corrected chi connectivity index (χ0v) is 9.46. The molecule has 0 aliphatic heterocycles. The highest BCUT2D eigenvalue weighted by Gasteiger charge is 2.35. The Morgan fingerprint density at radius 2 is 2.05 bits per heavy atom. The topological polar surface area (TPSA) is 59.4 Å². The van der Waals surface area contributed by atoms with Gasteiger partial charge in [-0.3, -0.25) is 9.78 Å². The van der Waals surface area contributed by atoms with Crippen LogP contribution in [0.5, 0.6) is 5.75 Å². The maximum absolute atomic E-state index is 12.8. The first-order valence-electron chi connectivity index (χ1n) is 4.86. The molecule has 0 aliphatic carbocycles. The van der Waals surface area contributed by atoms with Gasteiger partial charge in [-0.05, 0) is 12.5 Å². The molecule has 0 aliphatic rings. The van der Waals surface area contributed by atoms with E-state index in [0.29, 0.717) is 0 Å². The van der Waals surface area contributed by atoms with E-state index in [-0.39, 0.29) is 0 Å². The largest absolute Gasteiger partial charge is 0.573 e. The van der Waals surface area contributed by atoms with Crippen LogP contribution in [0.25, 0.3) is 0 Å². The average molecular weight is 285 g/mol. The fourth-order valence-corrected chi connectivity index (χ4v) is 1.43. The van der Waals surface area contributed by atoms with Crippen LogP contribution in [0.15, 0.2) is 6.20 Å². The zero-order valence-electron chi connectivity index (χ0n) is 9.46. The molecule has 1 rings (SSSR count). The van der Waals surface area contributed by atoms with Crippen LogP contribution in [0.4, 0.5) is 22.0 Å². The number of alkyl halides is 5. The molecular weight excluding hydrogens is 277 g/mol. The molecule has 0 bridgehead atoms. The minimum absolute atomic E-state index is 0.401. The number of carboxylic acids is 1. The Balaban J connectivity index is 3.37. The van der Waals surface area contributed by atoms with E-state index >= 15 is 0 Å². The zero-order chi connectivity index (χ0) is 14.8. The maximum atomic E-state index is 12.8. The Labute approximate surface area is 103 Å². The van der Waals surface area contributed by atoms with Gasteiger partial charge in [-0.25, -0.2) is 8.78 Å². The average Bonchev–Trinajstić information content (AvgIpc) is 2.19. The number of rotatable bonds is 4. The third-order valence-corrected chi connectivity index (χ3v) is 2.11. The second kappa shape index (κ2) is 5.37. The first-order valence-corrected chi connectivity index (χ1v) is 4.86. The third-order valence-electron chi connectivity index (χ3n) is 2.11. The molecule has 19 heavy (non-hydrogen) atoms. The summed E-state index contributed by atoms with van der Waals surface area (Å²) in [6.07, 6.45) is -8.55. The molecule has 4 nitrogen and oxygen atoms in total. The lowest BCUT2D eigenvalue weighted by atomic mass is 10.1. The van der Waals surface area contributed by atoms with Crippen molar-refractivity contribution in [2.45, 2.75) is 26.1 Å². The molecule has 0 amide bonds. The highest BCUT2D eigenvalue weighted by atomic mass is 19.4. The number of pyridine rings is 1. The van der Waals surface area contributed by atoms with Crippen molar-refractivity contribution >= 4 is 5.97 Å². The quantitative estimate of drug-likeness (QED) is 0.864. The summed E-state index contributed by atoms with van der Waals surface area (Å²) in [5.41, 5.74) is -2.03. The van der Waals surface area contributed by atoms with Crippen molar-refractivity contribution in [3.05, 3.63) is 23.0 Å². The summed E-state index contributed by atoms with van der Waals surface area (Å²) in [7, 11) is 0. The van der Waals surface area contributed by atoms with Crippen molar-refractivity contribution in [3.63, 3.8) is 0 Å². The molecule has 0 saturated carbocycles. The van der Waals surface area contributed by atoms with Gasteiger partial charge in [-0.2, -0.15) is 0 Å². The van der Waals surface area contributed by atoms with E-state index in [2.05, 4.69) is 9.72 Å². The summed E-state index contributed by atoms with van der Waals surface area (Å²) in [6, 6.07) is 0. The number of hydrogen-bond acceptors (Lipinski definition) is 3. The highest BCUT2D eigenvalue weighted by Crippen LogP contribution is 2.37. The SMILES string of the molecule is Cc1ncc(CC(=O)O)c(C(F)F)c1OC(F)(F)F. The van der Waals surface area contributed by atoms with Gasteiger partial charge in [0.1, 0.15) is 0 Å². The molecule has 106 valence electrons. The molecule has 0 fully saturated rings. The summed E-state index contributed by atoms with van der Waals surface area (Å²) in [5, 5.41) is 8.53. The van der Waals surface area contributed by atoms with Crippen molar-refractivity contribution in [2.75, 3.05) is 0 Å². The van der Waals surface area contributed by atoms with Gasteiger partial charge in [0.25, 0.3) is 6.43 Å². The van der Waals surface area contributed by atoms with Gasteiger partial charge in [0.2, 0.25) is 0 Å². The van der Waals surface area contributed by atoms with Crippen molar-refractivity contribution in [3.8, 4) is 5.75 Å². The molecule has 9 heteroatoms. The fraction of sp³-hybridized carbons (Fsp3) is 0.400. The lowest BCUT2D eigenvalue weighted by Crippen LogP contribution is -2.20. The first kappa shape index (κ1) is 15.1. The Kier molecular flexibility index (Phi) is 4.28. The highest BCUT2D eigenvalue weighted by molar-refractivity contribution is 5.71. The van der Waals surface area contributed by atoms with Crippen molar-refractivity contribution in [1.82, 2.24) is 4.98 Å². The van der Waals surface area contributed by atoms with Gasteiger partial charge in [0.15, 0.2) is 5.75 Å². The van der Waals surface area contributed by atoms with Crippen LogP contribution < -0.4 is 4.74 Å². The van der Waals surface area contributed by atoms with Gasteiger partial charge < -0.3 is 9.84 Å².